The third-order valence-electron chi connectivity index (χ3n) is 4.25. The van der Waals surface area contributed by atoms with E-state index in [1.807, 2.05) is 0 Å². The summed E-state index contributed by atoms with van der Waals surface area (Å²) in [4.78, 5) is 37.5. The zero-order valence-corrected chi connectivity index (χ0v) is 16.3. The Labute approximate surface area is 175 Å². The minimum atomic E-state index is -3.02. The summed E-state index contributed by atoms with van der Waals surface area (Å²) in [5, 5.41) is 2.32. The molecule has 0 bridgehead atoms. The van der Waals surface area contributed by atoms with Gasteiger partial charge in [-0.05, 0) is 48.9 Å². The molecule has 0 radical (unpaired) electrons. The van der Waals surface area contributed by atoms with E-state index in [4.69, 9.17) is 16.3 Å². The summed E-state index contributed by atoms with van der Waals surface area (Å²) in [6.07, 6.45) is 1.30. The Morgan fingerprint density at radius 2 is 1.90 bits per heavy atom. The van der Waals surface area contributed by atoms with Crippen molar-refractivity contribution in [1.82, 2.24) is 0 Å². The molecule has 1 heterocycles. The molecule has 10 heteroatoms. The van der Waals surface area contributed by atoms with Crippen LogP contribution in [-0.2, 0) is 14.3 Å². The van der Waals surface area contributed by atoms with Gasteiger partial charge in [-0.2, -0.15) is 8.78 Å². The van der Waals surface area contributed by atoms with Crippen LogP contribution in [0.4, 0.5) is 20.2 Å². The number of amides is 2. The average Bonchev–Trinajstić information content (AvgIpc) is 3.14. The van der Waals surface area contributed by atoms with Crippen LogP contribution >= 0.6 is 11.6 Å². The lowest BCUT2D eigenvalue weighted by atomic mass is 10.2. The monoisotopic (exact) mass is 438 g/mol. The van der Waals surface area contributed by atoms with E-state index in [1.54, 1.807) is 17.0 Å². The van der Waals surface area contributed by atoms with Gasteiger partial charge in [0, 0.05) is 24.3 Å². The van der Waals surface area contributed by atoms with Crippen LogP contribution in [0.1, 0.15) is 23.2 Å². The second-order valence-corrected chi connectivity index (χ2v) is 6.75. The number of nitrogens with one attached hydrogen (secondary N) is 1. The quantitative estimate of drug-likeness (QED) is 0.663. The lowest BCUT2D eigenvalue weighted by Gasteiger charge is -2.15. The molecule has 1 N–H and O–H groups in total. The van der Waals surface area contributed by atoms with Crippen LogP contribution in [0.2, 0.25) is 5.02 Å². The van der Waals surface area contributed by atoms with E-state index in [-0.39, 0.29) is 27.9 Å². The molecule has 2 aromatic rings. The van der Waals surface area contributed by atoms with Crippen LogP contribution in [0.3, 0.4) is 0 Å². The van der Waals surface area contributed by atoms with Crippen molar-refractivity contribution >= 4 is 40.8 Å². The number of nitrogens with zero attached hydrogens (tertiary/aromatic N) is 1. The van der Waals surface area contributed by atoms with Crippen molar-refractivity contribution in [2.75, 3.05) is 23.4 Å². The van der Waals surface area contributed by atoms with Crippen LogP contribution < -0.4 is 15.0 Å². The standard InChI is InChI=1S/C20H17ClF2N2O5/c21-15-10-13(5-8-16(15)30-20(22)23)24-17(26)11-29-19(28)12-3-6-14(7-4-12)25-9-1-2-18(25)27/h3-8,10,20H,1-2,9,11H2,(H,24,26). The van der Waals surface area contributed by atoms with Gasteiger partial charge in [-0.15, -0.1) is 0 Å². The minimum Gasteiger partial charge on any atom is -0.452 e. The highest BCUT2D eigenvalue weighted by molar-refractivity contribution is 6.32. The van der Waals surface area contributed by atoms with Crippen LogP contribution in [0, 0.1) is 0 Å². The summed E-state index contributed by atoms with van der Waals surface area (Å²) in [6.45, 7) is -2.94. The molecule has 2 aromatic carbocycles. The maximum atomic E-state index is 12.2. The van der Waals surface area contributed by atoms with Crippen molar-refractivity contribution in [1.29, 1.82) is 0 Å². The number of benzene rings is 2. The fourth-order valence-corrected chi connectivity index (χ4v) is 3.11. The van der Waals surface area contributed by atoms with Crippen LogP contribution in [0.25, 0.3) is 0 Å². The predicted octanol–water partition coefficient (Wildman–Crippen LogP) is 3.86. The van der Waals surface area contributed by atoms with Crippen molar-refractivity contribution in [2.45, 2.75) is 19.5 Å². The normalized spacial score (nSPS) is 13.5. The van der Waals surface area contributed by atoms with Crippen LogP contribution in [0.5, 0.6) is 5.75 Å². The number of rotatable bonds is 7. The number of hydrogen-bond donors (Lipinski definition) is 1. The first kappa shape index (κ1) is 21.5. The molecule has 1 aliphatic rings. The van der Waals surface area contributed by atoms with Gasteiger partial charge >= 0.3 is 12.6 Å². The molecule has 1 aliphatic heterocycles. The van der Waals surface area contributed by atoms with Gasteiger partial charge in [0.1, 0.15) is 5.75 Å². The molecule has 3 rings (SSSR count). The number of ether oxygens (including phenoxy) is 2. The van der Waals surface area contributed by atoms with Gasteiger partial charge in [-0.3, -0.25) is 9.59 Å². The third-order valence-corrected chi connectivity index (χ3v) is 4.55. The maximum Gasteiger partial charge on any atom is 0.387 e. The van der Waals surface area contributed by atoms with Crippen molar-refractivity contribution in [3.05, 3.63) is 53.1 Å². The molecule has 0 unspecified atom stereocenters. The summed E-state index contributed by atoms with van der Waals surface area (Å²) in [5.74, 6) is -1.53. The molecular weight excluding hydrogens is 422 g/mol. The van der Waals surface area contributed by atoms with Gasteiger partial charge in [-0.25, -0.2) is 4.79 Å². The van der Waals surface area contributed by atoms with Gasteiger partial charge in [0.2, 0.25) is 5.91 Å². The van der Waals surface area contributed by atoms with E-state index >= 15 is 0 Å². The molecule has 1 saturated heterocycles. The number of esters is 1. The van der Waals surface area contributed by atoms with Crippen LogP contribution in [0.15, 0.2) is 42.5 Å². The van der Waals surface area contributed by atoms with Gasteiger partial charge in [0.25, 0.3) is 5.91 Å². The molecule has 0 spiro atoms. The lowest BCUT2D eigenvalue weighted by Crippen LogP contribution is -2.23. The molecule has 158 valence electrons. The number of carbonyl (C=O) groups excluding carboxylic acids is 3. The van der Waals surface area contributed by atoms with Crippen molar-refractivity contribution in [2.24, 2.45) is 0 Å². The average molecular weight is 439 g/mol. The molecule has 7 nitrogen and oxygen atoms in total. The SMILES string of the molecule is O=C(COC(=O)c1ccc(N2CCCC2=O)cc1)Nc1ccc(OC(F)F)c(Cl)c1. The fourth-order valence-electron chi connectivity index (χ4n) is 2.88. The van der Waals surface area contributed by atoms with Crippen molar-refractivity contribution in [3.8, 4) is 5.75 Å². The van der Waals surface area contributed by atoms with E-state index in [0.717, 1.165) is 6.42 Å². The lowest BCUT2D eigenvalue weighted by molar-refractivity contribution is -0.119. The number of carbonyl (C=O) groups is 3. The molecule has 0 aliphatic carbocycles. The van der Waals surface area contributed by atoms with E-state index in [2.05, 4.69) is 10.1 Å². The summed E-state index contributed by atoms with van der Waals surface area (Å²) >= 11 is 5.81. The van der Waals surface area contributed by atoms with Crippen LogP contribution in [-0.4, -0.2) is 37.5 Å². The molecule has 30 heavy (non-hydrogen) atoms. The minimum absolute atomic E-state index is 0.0379. The Hall–Kier alpha value is -3.20. The molecule has 2 amide bonds. The number of halogens is 3. The van der Waals surface area contributed by atoms with Crippen molar-refractivity contribution < 1.29 is 32.6 Å². The smallest absolute Gasteiger partial charge is 0.387 e. The van der Waals surface area contributed by atoms with Gasteiger partial charge in [0.05, 0.1) is 10.6 Å². The maximum absolute atomic E-state index is 12.2. The topological polar surface area (TPSA) is 84.9 Å². The fraction of sp³-hybridized carbons (Fsp3) is 0.250. The third kappa shape index (κ3) is 5.44. The van der Waals surface area contributed by atoms with Gasteiger partial charge < -0.3 is 19.7 Å². The van der Waals surface area contributed by atoms with E-state index in [0.29, 0.717) is 18.7 Å². The first-order chi connectivity index (χ1) is 14.3. The van der Waals surface area contributed by atoms with Crippen molar-refractivity contribution in [3.63, 3.8) is 0 Å². The zero-order chi connectivity index (χ0) is 21.7. The predicted molar refractivity (Wildman–Crippen MR) is 105 cm³/mol. The zero-order valence-electron chi connectivity index (χ0n) is 15.6. The summed E-state index contributed by atoms with van der Waals surface area (Å²) < 4.78 is 33.6. The Morgan fingerprint density at radius 1 is 1.17 bits per heavy atom. The van der Waals surface area contributed by atoms with E-state index < -0.39 is 25.1 Å². The first-order valence-corrected chi connectivity index (χ1v) is 9.33. The van der Waals surface area contributed by atoms with Gasteiger partial charge in [-0.1, -0.05) is 11.6 Å². The van der Waals surface area contributed by atoms with E-state index in [9.17, 15) is 23.2 Å². The highest BCUT2D eigenvalue weighted by atomic mass is 35.5. The van der Waals surface area contributed by atoms with E-state index in [1.165, 1.54) is 30.3 Å². The Balaban J connectivity index is 1.51. The largest absolute Gasteiger partial charge is 0.452 e. The second-order valence-electron chi connectivity index (χ2n) is 6.34. The Morgan fingerprint density at radius 3 is 2.50 bits per heavy atom. The number of anilines is 2. The molecular formula is C20H17ClF2N2O5. The van der Waals surface area contributed by atoms with Gasteiger partial charge in [0.15, 0.2) is 6.61 Å². The molecule has 0 saturated carbocycles. The molecule has 0 atom stereocenters. The summed E-state index contributed by atoms with van der Waals surface area (Å²) in [6, 6.07) is 10.1. The highest BCUT2D eigenvalue weighted by Gasteiger charge is 2.22. The number of hydrogen-bond acceptors (Lipinski definition) is 5. The Bertz CT molecular complexity index is 953. The Kier molecular flexibility index (Phi) is 6.83. The number of alkyl halides is 2. The first-order valence-electron chi connectivity index (χ1n) is 8.95. The second kappa shape index (κ2) is 9.53. The highest BCUT2D eigenvalue weighted by Crippen LogP contribution is 2.29. The summed E-state index contributed by atoms with van der Waals surface area (Å²) in [5.41, 5.74) is 1.15. The summed E-state index contributed by atoms with van der Waals surface area (Å²) in [7, 11) is 0. The molecule has 1 fully saturated rings. The molecule has 0 aromatic heterocycles.